The number of nitrogens with zero attached hydrogens (tertiary/aromatic N) is 5. The zero-order valence-electron chi connectivity index (χ0n) is 19.4. The van der Waals surface area contributed by atoms with E-state index in [0.29, 0.717) is 44.2 Å². The number of hydrogen-bond acceptors (Lipinski definition) is 8. The van der Waals surface area contributed by atoms with Gasteiger partial charge in [0.15, 0.2) is 0 Å². The van der Waals surface area contributed by atoms with E-state index in [1.807, 2.05) is 30.6 Å². The SMILES string of the molecule is CC(C)(C)CC(COc1ccnc(N2CCN(c3ncc(C(F)(F)F)cn3)CC2)c1)OC(N)=O. The Morgan fingerprint density at radius 3 is 2.26 bits per heavy atom. The summed E-state index contributed by atoms with van der Waals surface area (Å²) in [5.74, 6) is 1.54. The number of carbonyl (C=O) groups excluding carboxylic acids is 1. The molecule has 3 heterocycles. The third-order valence-electron chi connectivity index (χ3n) is 5.13. The predicted molar refractivity (Wildman–Crippen MR) is 120 cm³/mol. The molecule has 2 aromatic heterocycles. The molecule has 0 aromatic carbocycles. The average molecular weight is 483 g/mol. The number of carbonyl (C=O) groups is 1. The van der Waals surface area contributed by atoms with Crippen molar-refractivity contribution in [3.63, 3.8) is 0 Å². The monoisotopic (exact) mass is 482 g/mol. The second-order valence-electron chi connectivity index (χ2n) is 9.23. The number of halogens is 3. The second-order valence-corrected chi connectivity index (χ2v) is 9.23. The number of alkyl halides is 3. The van der Waals surface area contributed by atoms with Crippen LogP contribution in [0.2, 0.25) is 0 Å². The number of pyridine rings is 1. The summed E-state index contributed by atoms with van der Waals surface area (Å²) >= 11 is 0. The zero-order valence-corrected chi connectivity index (χ0v) is 19.4. The number of nitrogens with two attached hydrogens (primary N) is 1. The quantitative estimate of drug-likeness (QED) is 0.639. The van der Waals surface area contributed by atoms with Crippen LogP contribution in [0.3, 0.4) is 0 Å². The molecule has 1 atom stereocenters. The number of ether oxygens (including phenoxy) is 2. The molecule has 12 heteroatoms. The molecule has 2 N–H and O–H groups in total. The first-order valence-electron chi connectivity index (χ1n) is 10.8. The highest BCUT2D eigenvalue weighted by atomic mass is 19.4. The van der Waals surface area contributed by atoms with Crippen LogP contribution in [0.5, 0.6) is 5.75 Å². The van der Waals surface area contributed by atoms with E-state index in [1.54, 1.807) is 18.3 Å². The molecule has 1 fully saturated rings. The Hall–Kier alpha value is -3.31. The summed E-state index contributed by atoms with van der Waals surface area (Å²) in [6.45, 7) is 8.47. The fourth-order valence-corrected chi connectivity index (χ4v) is 3.60. The highest BCUT2D eigenvalue weighted by Crippen LogP contribution is 2.29. The number of rotatable bonds is 7. The lowest BCUT2D eigenvalue weighted by molar-refractivity contribution is -0.138. The summed E-state index contributed by atoms with van der Waals surface area (Å²) in [4.78, 5) is 27.2. The Bertz CT molecular complexity index is 958. The summed E-state index contributed by atoms with van der Waals surface area (Å²) in [6.07, 6.45) is -1.98. The highest BCUT2D eigenvalue weighted by molar-refractivity contribution is 5.64. The maximum atomic E-state index is 12.7. The Labute approximate surface area is 196 Å². The maximum absolute atomic E-state index is 12.7. The number of aromatic nitrogens is 3. The molecule has 0 spiro atoms. The van der Waals surface area contributed by atoms with Gasteiger partial charge in [0.2, 0.25) is 5.95 Å². The smallest absolute Gasteiger partial charge is 0.419 e. The van der Waals surface area contributed by atoms with Crippen molar-refractivity contribution in [1.82, 2.24) is 15.0 Å². The fourth-order valence-electron chi connectivity index (χ4n) is 3.60. The van der Waals surface area contributed by atoms with E-state index in [4.69, 9.17) is 15.2 Å². The lowest BCUT2D eigenvalue weighted by Crippen LogP contribution is -2.47. The Kier molecular flexibility index (Phi) is 7.68. The first-order valence-corrected chi connectivity index (χ1v) is 10.8. The molecule has 1 amide bonds. The van der Waals surface area contributed by atoms with Crippen molar-refractivity contribution in [2.24, 2.45) is 11.1 Å². The summed E-state index contributed by atoms with van der Waals surface area (Å²) in [5.41, 5.74) is 4.23. The molecule has 2 aromatic rings. The van der Waals surface area contributed by atoms with Crippen LogP contribution in [0.4, 0.5) is 29.7 Å². The zero-order chi connectivity index (χ0) is 24.9. The van der Waals surface area contributed by atoms with E-state index in [9.17, 15) is 18.0 Å². The Morgan fingerprint density at radius 1 is 1.09 bits per heavy atom. The van der Waals surface area contributed by atoms with Gasteiger partial charge in [0.05, 0.1) is 5.56 Å². The first kappa shape index (κ1) is 25.3. The summed E-state index contributed by atoms with van der Waals surface area (Å²) in [7, 11) is 0. The largest absolute Gasteiger partial charge is 0.490 e. The van der Waals surface area contributed by atoms with E-state index < -0.39 is 23.9 Å². The maximum Gasteiger partial charge on any atom is 0.419 e. The number of anilines is 2. The van der Waals surface area contributed by atoms with Gasteiger partial charge in [-0.25, -0.2) is 19.7 Å². The lowest BCUT2D eigenvalue weighted by Gasteiger charge is -2.35. The fraction of sp³-hybridized carbons (Fsp3) is 0.545. The molecule has 1 aliphatic heterocycles. The third-order valence-corrected chi connectivity index (χ3v) is 5.13. The van der Waals surface area contributed by atoms with E-state index in [0.717, 1.165) is 12.4 Å². The first-order chi connectivity index (χ1) is 15.9. The van der Waals surface area contributed by atoms with Crippen molar-refractivity contribution in [1.29, 1.82) is 0 Å². The lowest BCUT2D eigenvalue weighted by atomic mass is 9.89. The minimum absolute atomic E-state index is 0.0800. The third kappa shape index (κ3) is 7.35. The molecule has 3 rings (SSSR count). The predicted octanol–water partition coefficient (Wildman–Crippen LogP) is 3.50. The molecule has 9 nitrogen and oxygen atoms in total. The van der Waals surface area contributed by atoms with Crippen molar-refractivity contribution in [2.45, 2.75) is 39.5 Å². The number of primary amides is 1. The molecule has 0 bridgehead atoms. The molecule has 1 unspecified atom stereocenters. The van der Waals surface area contributed by atoms with E-state index >= 15 is 0 Å². The van der Waals surface area contributed by atoms with Crippen LogP contribution >= 0.6 is 0 Å². The molecule has 0 radical (unpaired) electrons. The van der Waals surface area contributed by atoms with Crippen molar-refractivity contribution in [3.8, 4) is 5.75 Å². The number of amides is 1. The van der Waals surface area contributed by atoms with Gasteiger partial charge in [-0.2, -0.15) is 13.2 Å². The van der Waals surface area contributed by atoms with Crippen molar-refractivity contribution < 1.29 is 27.4 Å². The highest BCUT2D eigenvalue weighted by Gasteiger charge is 2.32. The summed E-state index contributed by atoms with van der Waals surface area (Å²) in [5, 5.41) is 0. The number of piperazine rings is 1. The van der Waals surface area contributed by atoms with Crippen LogP contribution in [-0.4, -0.2) is 59.9 Å². The Balaban J connectivity index is 1.57. The molecular weight excluding hydrogens is 453 g/mol. The summed E-state index contributed by atoms with van der Waals surface area (Å²) < 4.78 is 49.2. The van der Waals surface area contributed by atoms with Gasteiger partial charge < -0.3 is 25.0 Å². The molecular formula is C22H29F3N6O3. The molecule has 0 saturated carbocycles. The summed E-state index contributed by atoms with van der Waals surface area (Å²) in [6, 6.07) is 3.51. The van der Waals surface area contributed by atoms with E-state index in [1.165, 1.54) is 0 Å². The van der Waals surface area contributed by atoms with Crippen LogP contribution in [-0.2, 0) is 10.9 Å². The van der Waals surface area contributed by atoms with Gasteiger partial charge in [-0.3, -0.25) is 0 Å². The second kappa shape index (κ2) is 10.3. The molecule has 1 aliphatic rings. The van der Waals surface area contributed by atoms with E-state index in [-0.39, 0.29) is 18.0 Å². The standard InChI is InChI=1S/C22H29F3N6O3/c1-21(2,3)11-17(34-19(26)32)14-33-16-4-5-27-18(10-16)30-6-8-31(9-7-30)20-28-12-15(13-29-20)22(23,24)25/h4-5,10,12-13,17H,6-9,11,14H2,1-3H3,(H2,26,32). The van der Waals surface area contributed by atoms with Crippen molar-refractivity contribution >= 4 is 17.9 Å². The van der Waals surface area contributed by atoms with E-state index in [2.05, 4.69) is 15.0 Å². The van der Waals surface area contributed by atoms with Gasteiger partial charge in [-0.15, -0.1) is 0 Å². The average Bonchev–Trinajstić information content (AvgIpc) is 2.76. The van der Waals surface area contributed by atoms with Gasteiger partial charge in [-0.1, -0.05) is 20.8 Å². The van der Waals surface area contributed by atoms with Crippen LogP contribution in [0, 0.1) is 5.41 Å². The van der Waals surface area contributed by atoms with Crippen LogP contribution in [0.25, 0.3) is 0 Å². The molecule has 0 aliphatic carbocycles. The van der Waals surface area contributed by atoms with Gasteiger partial charge >= 0.3 is 12.3 Å². The number of hydrogen-bond donors (Lipinski definition) is 1. The minimum Gasteiger partial charge on any atom is -0.490 e. The Morgan fingerprint density at radius 2 is 1.71 bits per heavy atom. The van der Waals surface area contributed by atoms with Crippen LogP contribution in [0.15, 0.2) is 30.7 Å². The van der Waals surface area contributed by atoms with Gasteiger partial charge in [0, 0.05) is 50.8 Å². The van der Waals surface area contributed by atoms with Crippen molar-refractivity contribution in [2.75, 3.05) is 42.6 Å². The van der Waals surface area contributed by atoms with Gasteiger partial charge in [-0.05, 0) is 17.9 Å². The normalized spacial score (nSPS) is 15.7. The molecule has 34 heavy (non-hydrogen) atoms. The van der Waals surface area contributed by atoms with Gasteiger partial charge in [0.1, 0.15) is 24.3 Å². The molecule has 186 valence electrons. The topological polar surface area (TPSA) is 107 Å². The van der Waals surface area contributed by atoms with Crippen LogP contribution in [0.1, 0.15) is 32.8 Å². The minimum atomic E-state index is -4.46. The van der Waals surface area contributed by atoms with Crippen molar-refractivity contribution in [3.05, 3.63) is 36.3 Å². The van der Waals surface area contributed by atoms with Crippen LogP contribution < -0.4 is 20.3 Å². The van der Waals surface area contributed by atoms with Gasteiger partial charge in [0.25, 0.3) is 0 Å². The molecule has 1 saturated heterocycles.